The van der Waals surface area contributed by atoms with Crippen LogP contribution in [0.25, 0.3) is 22.6 Å². The minimum Gasteiger partial charge on any atom is -0.497 e. The monoisotopic (exact) mass is 836 g/mol. The smallest absolute Gasteiger partial charge is 0.273 e. The lowest BCUT2D eigenvalue weighted by Gasteiger charge is -2.39. The average molecular weight is 837 g/mol. The summed E-state index contributed by atoms with van der Waals surface area (Å²) < 4.78 is 44.0. The van der Waals surface area contributed by atoms with Crippen molar-refractivity contribution in [3.05, 3.63) is 113 Å². The van der Waals surface area contributed by atoms with Crippen LogP contribution in [0.4, 0.5) is 8.78 Å². The number of methoxy groups -OCH3 is 1. The summed E-state index contributed by atoms with van der Waals surface area (Å²) in [4.78, 5) is 30.0. The van der Waals surface area contributed by atoms with Crippen molar-refractivity contribution in [3.8, 4) is 28.4 Å². The molecule has 0 bridgehead atoms. The Hall–Kier alpha value is -5.40. The summed E-state index contributed by atoms with van der Waals surface area (Å²) in [6.07, 6.45) is 11.1. The van der Waals surface area contributed by atoms with Gasteiger partial charge in [0.05, 0.1) is 18.2 Å². The molecule has 4 heterocycles. The second kappa shape index (κ2) is 20.9. The molecule has 61 heavy (non-hydrogen) atoms. The predicted octanol–water partition coefficient (Wildman–Crippen LogP) is 9.00. The first-order chi connectivity index (χ1) is 29.6. The zero-order valence-corrected chi connectivity index (χ0v) is 35.6. The summed E-state index contributed by atoms with van der Waals surface area (Å²) in [5.74, 6) is 0.981. The largest absolute Gasteiger partial charge is 0.497 e. The van der Waals surface area contributed by atoms with Gasteiger partial charge in [0, 0.05) is 37.8 Å². The molecule has 3 aliphatic rings. The Kier molecular flexibility index (Phi) is 15.0. The number of nitrogens with one attached hydrogen (secondary N) is 2. The van der Waals surface area contributed by atoms with Gasteiger partial charge in [0.1, 0.15) is 17.4 Å². The summed E-state index contributed by atoms with van der Waals surface area (Å²) in [6, 6.07) is 21.7. The zero-order valence-electron chi connectivity index (χ0n) is 35.6. The standard InChI is InChI=1S/C25H28FN3O3.C23H30FN3O2/c1-17-6-7-21(22(26)12-17)24-14-23(28-32-24)25(30)27-15-18-8-10-29(11-9-18)16-19-4-3-5-20(13-19)31-2;1-16-7-8-19(20(24)13-16)22-14-21(26-29-22)23(28)25-15-17-9-11-27(12-10-17)18-5-3-2-4-6-18/h3-7,12-14,18H,8-11,15-16H2,1-2H3,(H,27,30);7-8,13-14,17-18H,2-6,9-12,15H2,1H3,(H,25,28). The average Bonchev–Trinajstić information content (AvgIpc) is 3.98. The van der Waals surface area contributed by atoms with Crippen LogP contribution in [0, 0.1) is 37.3 Å². The summed E-state index contributed by atoms with van der Waals surface area (Å²) in [6.45, 7) is 10.0. The van der Waals surface area contributed by atoms with Gasteiger partial charge in [0.25, 0.3) is 11.8 Å². The van der Waals surface area contributed by atoms with Gasteiger partial charge in [-0.3, -0.25) is 14.5 Å². The Morgan fingerprint density at radius 3 is 1.72 bits per heavy atom. The highest BCUT2D eigenvalue weighted by Gasteiger charge is 2.27. The maximum absolute atomic E-state index is 14.1. The van der Waals surface area contributed by atoms with E-state index in [4.69, 9.17) is 13.8 Å². The molecule has 0 unspecified atom stereocenters. The highest BCUT2D eigenvalue weighted by atomic mass is 19.1. The number of amides is 2. The minimum absolute atomic E-state index is 0.162. The van der Waals surface area contributed by atoms with E-state index < -0.39 is 5.82 Å². The van der Waals surface area contributed by atoms with E-state index >= 15 is 0 Å². The van der Waals surface area contributed by atoms with Gasteiger partial charge in [-0.1, -0.05) is 53.8 Å². The molecular formula is C48H58F2N6O5. The van der Waals surface area contributed by atoms with E-state index in [1.807, 2.05) is 26.0 Å². The first-order valence-electron chi connectivity index (χ1n) is 21.7. The van der Waals surface area contributed by atoms with Crippen molar-refractivity contribution in [1.29, 1.82) is 0 Å². The van der Waals surface area contributed by atoms with E-state index in [-0.39, 0.29) is 40.5 Å². The number of piperidine rings is 2. The van der Waals surface area contributed by atoms with E-state index in [0.717, 1.165) is 81.3 Å². The second-order valence-corrected chi connectivity index (χ2v) is 16.9. The van der Waals surface area contributed by atoms with Crippen LogP contribution in [-0.2, 0) is 6.54 Å². The van der Waals surface area contributed by atoms with Crippen molar-refractivity contribution < 1.29 is 32.2 Å². The number of carbonyl (C=O) groups excluding carboxylic acids is 2. The predicted molar refractivity (Wildman–Crippen MR) is 230 cm³/mol. The lowest BCUT2D eigenvalue weighted by molar-refractivity contribution is 0.0891. The van der Waals surface area contributed by atoms with E-state index in [0.29, 0.717) is 36.1 Å². The molecule has 5 aromatic rings. The lowest BCUT2D eigenvalue weighted by atomic mass is 9.90. The summed E-state index contributed by atoms with van der Waals surface area (Å²) in [5.41, 5.74) is 3.86. The molecular weight excluding hydrogens is 779 g/mol. The Labute approximate surface area is 357 Å². The summed E-state index contributed by atoms with van der Waals surface area (Å²) >= 11 is 0. The zero-order chi connectivity index (χ0) is 42.7. The second-order valence-electron chi connectivity index (χ2n) is 16.9. The molecule has 2 aromatic heterocycles. The van der Waals surface area contributed by atoms with Crippen LogP contribution < -0.4 is 15.4 Å². The third-order valence-electron chi connectivity index (χ3n) is 12.4. The molecule has 2 saturated heterocycles. The van der Waals surface area contributed by atoms with Crippen LogP contribution in [0.1, 0.15) is 95.5 Å². The number of aromatic nitrogens is 2. The molecule has 2 amide bonds. The SMILES string of the molecule is COc1cccc(CN2CCC(CNC(=O)c3cc(-c4ccc(C)cc4F)on3)CC2)c1.Cc1ccc(-c2cc(C(=O)NCC3CCN(C4CCCCC4)CC3)no2)c(F)c1. The molecule has 2 aliphatic heterocycles. The Bertz CT molecular complexity index is 2220. The Morgan fingerprint density at radius 2 is 1.21 bits per heavy atom. The maximum Gasteiger partial charge on any atom is 0.273 e. The molecule has 11 nitrogen and oxygen atoms in total. The fourth-order valence-electron chi connectivity index (χ4n) is 8.66. The number of rotatable bonds is 12. The molecule has 13 heteroatoms. The first-order valence-corrected chi connectivity index (χ1v) is 21.7. The fraction of sp³-hybridized carbons (Fsp3) is 0.458. The van der Waals surface area contributed by atoms with Crippen LogP contribution in [-0.4, -0.2) is 84.3 Å². The number of nitrogens with zero attached hydrogens (tertiary/aromatic N) is 4. The van der Waals surface area contributed by atoms with Gasteiger partial charge in [0.15, 0.2) is 22.9 Å². The molecule has 0 radical (unpaired) electrons. The van der Waals surface area contributed by atoms with E-state index in [9.17, 15) is 18.4 Å². The molecule has 0 atom stereocenters. The number of carbonyl (C=O) groups is 2. The van der Waals surface area contributed by atoms with E-state index in [2.05, 4.69) is 42.9 Å². The van der Waals surface area contributed by atoms with E-state index in [1.54, 1.807) is 31.4 Å². The number of aryl methyl sites for hydroxylation is 2. The quantitative estimate of drug-likeness (QED) is 0.127. The van der Waals surface area contributed by atoms with Crippen molar-refractivity contribution in [2.75, 3.05) is 46.4 Å². The van der Waals surface area contributed by atoms with E-state index in [1.165, 1.54) is 61.9 Å². The topological polar surface area (TPSA) is 126 Å². The van der Waals surface area contributed by atoms with Crippen molar-refractivity contribution in [1.82, 2.24) is 30.7 Å². The van der Waals surface area contributed by atoms with Crippen molar-refractivity contribution >= 4 is 11.8 Å². The molecule has 0 spiro atoms. The molecule has 1 aliphatic carbocycles. The van der Waals surface area contributed by atoms with Crippen LogP contribution in [0.2, 0.25) is 0 Å². The van der Waals surface area contributed by atoms with Crippen molar-refractivity contribution in [2.24, 2.45) is 11.8 Å². The molecule has 2 N–H and O–H groups in total. The van der Waals surface area contributed by atoms with Gasteiger partial charge in [-0.15, -0.1) is 0 Å². The number of halogens is 2. The molecule has 3 fully saturated rings. The number of likely N-dealkylation sites (tertiary alicyclic amines) is 2. The Balaban J connectivity index is 0.000000185. The van der Waals surface area contributed by atoms with Crippen LogP contribution in [0.5, 0.6) is 5.75 Å². The summed E-state index contributed by atoms with van der Waals surface area (Å²) in [7, 11) is 1.68. The number of hydrogen-bond acceptors (Lipinski definition) is 9. The Morgan fingerprint density at radius 1 is 0.689 bits per heavy atom. The van der Waals surface area contributed by atoms with Gasteiger partial charge in [0.2, 0.25) is 0 Å². The van der Waals surface area contributed by atoms with Gasteiger partial charge >= 0.3 is 0 Å². The first kappa shape index (κ1) is 43.7. The van der Waals surface area contributed by atoms with Gasteiger partial charge in [-0.05, 0) is 143 Å². The minimum atomic E-state index is -0.395. The number of hydrogen-bond donors (Lipinski definition) is 2. The fourth-order valence-corrected chi connectivity index (χ4v) is 8.66. The van der Waals surface area contributed by atoms with Crippen LogP contribution >= 0.6 is 0 Å². The number of benzene rings is 3. The van der Waals surface area contributed by atoms with Crippen molar-refractivity contribution in [3.63, 3.8) is 0 Å². The highest BCUT2D eigenvalue weighted by Crippen LogP contribution is 2.29. The highest BCUT2D eigenvalue weighted by molar-refractivity contribution is 5.93. The number of ether oxygens (including phenoxy) is 1. The van der Waals surface area contributed by atoms with Gasteiger partial charge in [-0.25, -0.2) is 8.78 Å². The van der Waals surface area contributed by atoms with Crippen LogP contribution in [0.15, 0.2) is 81.8 Å². The molecule has 8 rings (SSSR count). The normalized spacial score (nSPS) is 17.1. The van der Waals surface area contributed by atoms with Crippen molar-refractivity contribution in [2.45, 2.75) is 84.2 Å². The molecule has 3 aromatic carbocycles. The van der Waals surface area contributed by atoms with Crippen LogP contribution in [0.3, 0.4) is 0 Å². The molecule has 1 saturated carbocycles. The lowest BCUT2D eigenvalue weighted by Crippen LogP contribution is -2.44. The maximum atomic E-state index is 14.1. The third kappa shape index (κ3) is 11.9. The molecule has 324 valence electrons. The van der Waals surface area contributed by atoms with Gasteiger partial charge < -0.3 is 29.3 Å². The summed E-state index contributed by atoms with van der Waals surface area (Å²) in [5, 5.41) is 13.6. The van der Waals surface area contributed by atoms with Gasteiger partial charge in [-0.2, -0.15) is 0 Å². The third-order valence-corrected chi connectivity index (χ3v) is 12.4.